The van der Waals surface area contributed by atoms with Gasteiger partial charge in [0, 0.05) is 48.9 Å². The Labute approximate surface area is 206 Å². The van der Waals surface area contributed by atoms with Crippen molar-refractivity contribution in [3.63, 3.8) is 0 Å². The summed E-state index contributed by atoms with van der Waals surface area (Å²) >= 11 is 1.58. The van der Waals surface area contributed by atoms with Crippen LogP contribution in [0, 0.1) is 12.8 Å². The Hall–Kier alpha value is -3.47. The molecule has 4 aromatic heterocycles. The third kappa shape index (κ3) is 4.60. The molecule has 182 valence electrons. The molecule has 0 bridgehead atoms. The molecule has 1 aliphatic carbocycles. The van der Waals surface area contributed by atoms with Crippen LogP contribution in [0.25, 0.3) is 16.2 Å². The highest BCUT2D eigenvalue weighted by Crippen LogP contribution is 2.34. The number of rotatable bonds is 7. The highest BCUT2D eigenvalue weighted by atomic mass is 32.1. The van der Waals surface area contributed by atoms with Crippen LogP contribution in [0.15, 0.2) is 34.4 Å². The normalized spacial score (nSPS) is 17.6. The lowest BCUT2D eigenvalue weighted by molar-refractivity contribution is 0.0712. The average Bonchev–Trinajstić information content (AvgIpc) is 3.27. The highest BCUT2D eigenvalue weighted by molar-refractivity contribution is 7.16. The molecule has 1 unspecified atom stereocenters. The van der Waals surface area contributed by atoms with E-state index in [9.17, 15) is 4.79 Å². The first kappa shape index (κ1) is 22.0. The molecule has 10 nitrogen and oxygen atoms in total. The number of nitrogens with one attached hydrogen (secondary N) is 2. The van der Waals surface area contributed by atoms with E-state index in [1.54, 1.807) is 23.6 Å². The van der Waals surface area contributed by atoms with Crippen LogP contribution in [-0.2, 0) is 0 Å². The van der Waals surface area contributed by atoms with E-state index in [0.717, 1.165) is 28.9 Å². The van der Waals surface area contributed by atoms with Gasteiger partial charge in [-0.05, 0) is 45.4 Å². The third-order valence-electron chi connectivity index (χ3n) is 6.78. The van der Waals surface area contributed by atoms with Crippen molar-refractivity contribution in [1.82, 2.24) is 29.6 Å². The van der Waals surface area contributed by atoms with E-state index in [-0.39, 0.29) is 11.9 Å². The maximum atomic E-state index is 13.5. The summed E-state index contributed by atoms with van der Waals surface area (Å²) in [6.07, 6.45) is 7.79. The number of likely N-dealkylation sites (tertiary alicyclic amines) is 1. The van der Waals surface area contributed by atoms with Crippen LogP contribution >= 0.6 is 11.3 Å². The minimum absolute atomic E-state index is 0.0701. The molecule has 11 heteroatoms. The fourth-order valence-electron chi connectivity index (χ4n) is 4.60. The quantitative estimate of drug-likeness (QED) is 0.397. The van der Waals surface area contributed by atoms with E-state index in [4.69, 9.17) is 14.5 Å². The van der Waals surface area contributed by atoms with E-state index in [1.165, 1.54) is 12.8 Å². The van der Waals surface area contributed by atoms with Crippen LogP contribution < -0.4 is 10.6 Å². The second-order valence-corrected chi connectivity index (χ2v) is 10.4. The van der Waals surface area contributed by atoms with Crippen LogP contribution in [0.3, 0.4) is 0 Å². The molecule has 6 rings (SSSR count). The number of amides is 1. The Kier molecular flexibility index (Phi) is 5.63. The first-order chi connectivity index (χ1) is 17.0. The SMILES string of the molecule is Cc1cc(NC2CCN(C(=O)c3cc(NC(C)C4CC4)nc(-c4cnn5ccsc45)n3)CC2)on1. The van der Waals surface area contributed by atoms with Gasteiger partial charge in [-0.15, -0.1) is 11.3 Å². The van der Waals surface area contributed by atoms with Crippen LogP contribution in [0.2, 0.25) is 0 Å². The second-order valence-electron chi connectivity index (χ2n) is 9.49. The largest absolute Gasteiger partial charge is 0.367 e. The number of hydrogen-bond acceptors (Lipinski definition) is 9. The van der Waals surface area contributed by atoms with Gasteiger partial charge in [0.25, 0.3) is 5.91 Å². The molecule has 35 heavy (non-hydrogen) atoms. The number of anilines is 2. The average molecular weight is 493 g/mol. The molecule has 4 aromatic rings. The van der Waals surface area contributed by atoms with E-state index in [2.05, 4.69) is 27.8 Å². The predicted molar refractivity (Wildman–Crippen MR) is 134 cm³/mol. The Morgan fingerprint density at radius 3 is 2.77 bits per heavy atom. The minimum Gasteiger partial charge on any atom is -0.367 e. The number of nitrogens with zero attached hydrogens (tertiary/aromatic N) is 6. The molecule has 0 aromatic carbocycles. The fraction of sp³-hybridized carbons (Fsp3) is 0.458. The van der Waals surface area contributed by atoms with Gasteiger partial charge in [-0.1, -0.05) is 5.16 Å². The molecule has 1 saturated heterocycles. The number of carbonyl (C=O) groups excluding carboxylic acids is 1. The molecule has 2 N–H and O–H groups in total. The lowest BCUT2D eigenvalue weighted by atomic mass is 10.0. The third-order valence-corrected chi connectivity index (χ3v) is 7.67. The van der Waals surface area contributed by atoms with Crippen LogP contribution in [0.4, 0.5) is 11.7 Å². The van der Waals surface area contributed by atoms with E-state index < -0.39 is 0 Å². The summed E-state index contributed by atoms with van der Waals surface area (Å²) in [6.45, 7) is 5.36. The van der Waals surface area contributed by atoms with E-state index in [0.29, 0.717) is 48.3 Å². The van der Waals surface area contributed by atoms with Gasteiger partial charge in [0.15, 0.2) is 5.82 Å². The molecule has 1 atom stereocenters. The molecule has 0 spiro atoms. The number of hydrogen-bond donors (Lipinski definition) is 2. The molecule has 1 saturated carbocycles. The molecule has 2 aliphatic rings. The summed E-state index contributed by atoms with van der Waals surface area (Å²) in [7, 11) is 0. The zero-order valence-corrected chi connectivity index (χ0v) is 20.6. The number of aryl methyl sites for hydroxylation is 1. The van der Waals surface area contributed by atoms with Crippen LogP contribution in [0.5, 0.6) is 0 Å². The van der Waals surface area contributed by atoms with Crippen LogP contribution in [-0.4, -0.2) is 60.7 Å². The minimum atomic E-state index is -0.0701. The standard InChI is InChI=1S/C24H28N8O2S/c1-14-11-21(34-30-14)27-17-5-7-31(8-6-17)23(33)19-12-20(26-15(2)16-3-4-16)29-22(28-19)18-13-25-32-9-10-35-24(18)32/h9-13,15-17,27H,3-8H2,1-2H3,(H,26,28,29). The maximum Gasteiger partial charge on any atom is 0.272 e. The highest BCUT2D eigenvalue weighted by Gasteiger charge is 2.30. The molecular formula is C24H28N8O2S. The lowest BCUT2D eigenvalue weighted by Crippen LogP contribution is -2.42. The van der Waals surface area contributed by atoms with Gasteiger partial charge >= 0.3 is 0 Å². The van der Waals surface area contributed by atoms with Gasteiger partial charge in [0.1, 0.15) is 16.3 Å². The fourth-order valence-corrected chi connectivity index (χ4v) is 5.39. The summed E-state index contributed by atoms with van der Waals surface area (Å²) in [5.74, 6) is 2.47. The zero-order chi connectivity index (χ0) is 23.9. The van der Waals surface area contributed by atoms with Gasteiger partial charge in [0.05, 0.1) is 17.5 Å². The van der Waals surface area contributed by atoms with Crippen LogP contribution in [0.1, 0.15) is 48.8 Å². The zero-order valence-electron chi connectivity index (χ0n) is 19.8. The monoisotopic (exact) mass is 492 g/mol. The molecule has 2 fully saturated rings. The Morgan fingerprint density at radius 2 is 2.03 bits per heavy atom. The molecule has 5 heterocycles. The Bertz CT molecular complexity index is 1350. The van der Waals surface area contributed by atoms with E-state index >= 15 is 0 Å². The summed E-state index contributed by atoms with van der Waals surface area (Å²) in [4.78, 5) is 25.9. The van der Waals surface area contributed by atoms with Crippen molar-refractivity contribution in [2.45, 2.75) is 51.6 Å². The van der Waals surface area contributed by atoms with Crippen molar-refractivity contribution in [2.75, 3.05) is 23.7 Å². The molecule has 1 aliphatic heterocycles. The lowest BCUT2D eigenvalue weighted by Gasteiger charge is -2.32. The topological polar surface area (TPSA) is 113 Å². The number of carbonyl (C=O) groups is 1. The number of fused-ring (bicyclic) bond motifs is 1. The van der Waals surface area contributed by atoms with Gasteiger partial charge in [-0.2, -0.15) is 5.10 Å². The number of piperidine rings is 1. The van der Waals surface area contributed by atoms with Gasteiger partial charge in [-0.3, -0.25) is 4.79 Å². The molecular weight excluding hydrogens is 464 g/mol. The smallest absolute Gasteiger partial charge is 0.272 e. The van der Waals surface area contributed by atoms with Gasteiger partial charge < -0.3 is 20.1 Å². The van der Waals surface area contributed by atoms with Crippen molar-refractivity contribution in [1.29, 1.82) is 0 Å². The number of aromatic nitrogens is 5. The summed E-state index contributed by atoms with van der Waals surface area (Å²) in [5.41, 5.74) is 2.09. The number of thiazole rings is 1. The van der Waals surface area contributed by atoms with Crippen molar-refractivity contribution in [3.8, 4) is 11.4 Å². The Balaban J connectivity index is 1.22. The molecule has 1 amide bonds. The van der Waals surface area contributed by atoms with Gasteiger partial charge in [0.2, 0.25) is 5.88 Å². The van der Waals surface area contributed by atoms with Crippen molar-refractivity contribution >= 4 is 33.8 Å². The van der Waals surface area contributed by atoms with Crippen molar-refractivity contribution in [2.24, 2.45) is 5.92 Å². The summed E-state index contributed by atoms with van der Waals surface area (Å²) in [5, 5.41) is 17.2. The Morgan fingerprint density at radius 1 is 1.20 bits per heavy atom. The van der Waals surface area contributed by atoms with Crippen molar-refractivity contribution in [3.05, 3.63) is 41.3 Å². The second kappa shape index (κ2) is 8.95. The van der Waals surface area contributed by atoms with E-state index in [1.807, 2.05) is 34.0 Å². The van der Waals surface area contributed by atoms with Gasteiger partial charge in [-0.25, -0.2) is 14.5 Å². The van der Waals surface area contributed by atoms with Crippen molar-refractivity contribution < 1.29 is 9.32 Å². The first-order valence-electron chi connectivity index (χ1n) is 12.1. The summed E-state index contributed by atoms with van der Waals surface area (Å²) < 4.78 is 7.09. The first-order valence-corrected chi connectivity index (χ1v) is 13.0. The predicted octanol–water partition coefficient (Wildman–Crippen LogP) is 4.08. The summed E-state index contributed by atoms with van der Waals surface area (Å²) in [6, 6.07) is 4.22. The maximum absolute atomic E-state index is 13.5. The molecule has 0 radical (unpaired) electrons.